The van der Waals surface area contributed by atoms with Gasteiger partial charge in [0.1, 0.15) is 0 Å². The number of hydrogen-bond acceptors (Lipinski definition) is 2. The van der Waals surface area contributed by atoms with Crippen molar-refractivity contribution in [3.63, 3.8) is 0 Å². The van der Waals surface area contributed by atoms with Crippen LogP contribution < -0.4 is 5.32 Å². The van der Waals surface area contributed by atoms with Crippen molar-refractivity contribution in [3.8, 4) is 0 Å². The van der Waals surface area contributed by atoms with Crippen molar-refractivity contribution in [2.75, 3.05) is 12.8 Å². The van der Waals surface area contributed by atoms with E-state index in [2.05, 4.69) is 11.9 Å². The molecule has 0 spiro atoms. The molecule has 1 aromatic carbocycles. The van der Waals surface area contributed by atoms with Gasteiger partial charge in [0.15, 0.2) is 0 Å². The molecule has 0 bridgehead atoms. The van der Waals surface area contributed by atoms with E-state index in [1.807, 2.05) is 37.4 Å². The van der Waals surface area contributed by atoms with E-state index < -0.39 is 0 Å². The van der Waals surface area contributed by atoms with Gasteiger partial charge in [-0.25, -0.2) is 0 Å². The second kappa shape index (κ2) is 6.38. The molecule has 0 radical (unpaired) electrons. The molecule has 0 saturated heterocycles. The Labute approximate surface area is 101 Å². The number of amides is 1. The lowest BCUT2D eigenvalue weighted by atomic mass is 10.1. The maximum Gasteiger partial charge on any atom is 0.251 e. The fourth-order valence-corrected chi connectivity index (χ4v) is 1.82. The van der Waals surface area contributed by atoms with E-state index in [0.717, 1.165) is 11.3 Å². The van der Waals surface area contributed by atoms with E-state index in [9.17, 15) is 4.79 Å². The number of nitrogens with one attached hydrogen (secondary N) is 1. The predicted octanol–water partition coefficient (Wildman–Crippen LogP) is 2.86. The number of carbonyl (C=O) groups excluding carboxylic acids is 1. The van der Waals surface area contributed by atoms with Gasteiger partial charge in [-0.2, -0.15) is 11.8 Å². The molecule has 2 nitrogen and oxygen atoms in total. The summed E-state index contributed by atoms with van der Waals surface area (Å²) < 4.78 is 0. The van der Waals surface area contributed by atoms with Crippen LogP contribution in [0.25, 0.3) is 0 Å². The summed E-state index contributed by atoms with van der Waals surface area (Å²) in [5, 5.41) is 2.82. The summed E-state index contributed by atoms with van der Waals surface area (Å²) in [6.45, 7) is 6.18. The van der Waals surface area contributed by atoms with Crippen LogP contribution in [0.1, 0.15) is 22.8 Å². The topological polar surface area (TPSA) is 29.1 Å². The lowest BCUT2D eigenvalue weighted by Crippen LogP contribution is -2.24. The van der Waals surface area contributed by atoms with Crippen LogP contribution in [-0.2, 0) is 5.75 Å². The first-order valence-corrected chi connectivity index (χ1v) is 6.53. The standard InChI is InChI=1S/C13H17NOS/c1-10(2)8-14-13(15)12-6-4-5-11(7-12)9-16-3/h4-7H,1,8-9H2,2-3H3,(H,14,15). The summed E-state index contributed by atoms with van der Waals surface area (Å²) in [5.74, 6) is 0.896. The molecule has 3 heteroatoms. The van der Waals surface area contributed by atoms with E-state index in [-0.39, 0.29) is 5.91 Å². The third-order valence-electron chi connectivity index (χ3n) is 2.05. The highest BCUT2D eigenvalue weighted by molar-refractivity contribution is 7.97. The minimum Gasteiger partial charge on any atom is -0.348 e. The van der Waals surface area contributed by atoms with Gasteiger partial charge in [0.2, 0.25) is 0 Å². The number of benzene rings is 1. The van der Waals surface area contributed by atoms with Gasteiger partial charge in [-0.1, -0.05) is 24.3 Å². The van der Waals surface area contributed by atoms with E-state index in [4.69, 9.17) is 0 Å². The fourth-order valence-electron chi connectivity index (χ4n) is 1.30. The van der Waals surface area contributed by atoms with Crippen LogP contribution >= 0.6 is 11.8 Å². The van der Waals surface area contributed by atoms with Gasteiger partial charge in [0, 0.05) is 17.9 Å². The van der Waals surface area contributed by atoms with E-state index in [1.54, 1.807) is 11.8 Å². The summed E-state index contributed by atoms with van der Waals surface area (Å²) in [7, 11) is 0. The van der Waals surface area contributed by atoms with Crippen LogP contribution in [0.3, 0.4) is 0 Å². The van der Waals surface area contributed by atoms with Gasteiger partial charge in [-0.3, -0.25) is 4.79 Å². The molecule has 0 aliphatic heterocycles. The third-order valence-corrected chi connectivity index (χ3v) is 2.67. The zero-order valence-electron chi connectivity index (χ0n) is 9.75. The molecule has 1 rings (SSSR count). The number of rotatable bonds is 5. The lowest BCUT2D eigenvalue weighted by Gasteiger charge is -2.06. The largest absolute Gasteiger partial charge is 0.348 e. The zero-order valence-corrected chi connectivity index (χ0v) is 10.6. The van der Waals surface area contributed by atoms with Crippen molar-refractivity contribution in [1.82, 2.24) is 5.32 Å². The molecule has 86 valence electrons. The van der Waals surface area contributed by atoms with Gasteiger partial charge in [0.05, 0.1) is 0 Å². The van der Waals surface area contributed by atoms with Gasteiger partial charge < -0.3 is 5.32 Å². The molecular weight excluding hydrogens is 218 g/mol. The Morgan fingerprint density at radius 1 is 1.50 bits per heavy atom. The summed E-state index contributed by atoms with van der Waals surface area (Å²) >= 11 is 1.75. The van der Waals surface area contributed by atoms with E-state index in [1.165, 1.54) is 5.56 Å². The Morgan fingerprint density at radius 3 is 2.88 bits per heavy atom. The molecule has 16 heavy (non-hydrogen) atoms. The van der Waals surface area contributed by atoms with Crippen LogP contribution in [0.5, 0.6) is 0 Å². The average molecular weight is 235 g/mol. The van der Waals surface area contributed by atoms with Crippen molar-refractivity contribution in [2.45, 2.75) is 12.7 Å². The van der Waals surface area contributed by atoms with E-state index in [0.29, 0.717) is 12.1 Å². The first-order chi connectivity index (χ1) is 7.63. The SMILES string of the molecule is C=C(C)CNC(=O)c1cccc(CSC)c1. The lowest BCUT2D eigenvalue weighted by molar-refractivity contribution is 0.0957. The van der Waals surface area contributed by atoms with Gasteiger partial charge in [-0.15, -0.1) is 0 Å². The number of hydrogen-bond donors (Lipinski definition) is 1. The van der Waals surface area contributed by atoms with Gasteiger partial charge in [0.25, 0.3) is 5.91 Å². The summed E-state index contributed by atoms with van der Waals surface area (Å²) in [4.78, 5) is 11.7. The van der Waals surface area contributed by atoms with Gasteiger partial charge >= 0.3 is 0 Å². The molecule has 1 aromatic rings. The van der Waals surface area contributed by atoms with Crippen LogP contribution in [-0.4, -0.2) is 18.7 Å². The first-order valence-electron chi connectivity index (χ1n) is 5.14. The van der Waals surface area contributed by atoms with Crippen molar-refractivity contribution in [2.24, 2.45) is 0 Å². The van der Waals surface area contributed by atoms with Crippen molar-refractivity contribution >= 4 is 17.7 Å². The molecule has 0 aliphatic rings. The second-order valence-corrected chi connectivity index (χ2v) is 4.64. The van der Waals surface area contributed by atoms with Crippen LogP contribution in [0.4, 0.5) is 0 Å². The average Bonchev–Trinajstić information content (AvgIpc) is 2.26. The Bertz CT molecular complexity index is 387. The monoisotopic (exact) mass is 235 g/mol. The molecule has 0 heterocycles. The zero-order chi connectivity index (χ0) is 12.0. The molecule has 1 N–H and O–H groups in total. The summed E-state index contributed by atoms with van der Waals surface area (Å²) in [6.07, 6.45) is 2.05. The highest BCUT2D eigenvalue weighted by Crippen LogP contribution is 2.11. The Kier molecular flexibility index (Phi) is 5.12. The maximum absolute atomic E-state index is 11.7. The summed E-state index contributed by atoms with van der Waals surface area (Å²) in [5.41, 5.74) is 2.84. The highest BCUT2D eigenvalue weighted by atomic mass is 32.2. The predicted molar refractivity (Wildman–Crippen MR) is 70.8 cm³/mol. The molecule has 0 unspecified atom stereocenters. The van der Waals surface area contributed by atoms with Crippen LogP contribution in [0.15, 0.2) is 36.4 Å². The molecule has 0 atom stereocenters. The smallest absolute Gasteiger partial charge is 0.251 e. The Morgan fingerprint density at radius 2 is 2.25 bits per heavy atom. The van der Waals surface area contributed by atoms with E-state index >= 15 is 0 Å². The number of thioether (sulfide) groups is 1. The van der Waals surface area contributed by atoms with Crippen molar-refractivity contribution in [3.05, 3.63) is 47.5 Å². The first kappa shape index (κ1) is 12.8. The van der Waals surface area contributed by atoms with Gasteiger partial charge in [-0.05, 0) is 30.9 Å². The molecule has 1 amide bonds. The molecule has 0 saturated carbocycles. The molecule has 0 fully saturated rings. The van der Waals surface area contributed by atoms with Crippen LogP contribution in [0, 0.1) is 0 Å². The van der Waals surface area contributed by atoms with Crippen molar-refractivity contribution in [1.29, 1.82) is 0 Å². The normalized spacial score (nSPS) is 9.88. The molecule has 0 aliphatic carbocycles. The van der Waals surface area contributed by atoms with Crippen LogP contribution in [0.2, 0.25) is 0 Å². The van der Waals surface area contributed by atoms with Crippen molar-refractivity contribution < 1.29 is 4.79 Å². The third kappa shape index (κ3) is 4.11. The summed E-state index contributed by atoms with van der Waals surface area (Å²) in [6, 6.07) is 7.72. The Hall–Kier alpha value is -1.22. The maximum atomic E-state index is 11.7. The quantitative estimate of drug-likeness (QED) is 0.795. The fraction of sp³-hybridized carbons (Fsp3) is 0.308. The number of carbonyl (C=O) groups is 1. The molecular formula is C13H17NOS. The minimum absolute atomic E-state index is 0.0362. The second-order valence-electron chi connectivity index (χ2n) is 3.77. The highest BCUT2D eigenvalue weighted by Gasteiger charge is 2.05. The Balaban J connectivity index is 2.67. The molecule has 0 aromatic heterocycles. The minimum atomic E-state index is -0.0362.